The fourth-order valence-corrected chi connectivity index (χ4v) is 2.64. The number of H-pyrrole nitrogens is 1. The molecule has 0 spiro atoms. The van der Waals surface area contributed by atoms with Crippen LogP contribution in [0.4, 0.5) is 0 Å². The predicted molar refractivity (Wildman–Crippen MR) is 88.0 cm³/mol. The van der Waals surface area contributed by atoms with Crippen LogP contribution in [0, 0.1) is 0 Å². The van der Waals surface area contributed by atoms with E-state index in [0.29, 0.717) is 11.3 Å². The Balaban J connectivity index is 2.36. The molecule has 0 aliphatic rings. The van der Waals surface area contributed by atoms with Crippen LogP contribution in [-0.2, 0) is 0 Å². The second-order valence-corrected chi connectivity index (χ2v) is 6.20. The van der Waals surface area contributed by atoms with Crippen LogP contribution in [0.15, 0.2) is 35.1 Å². The van der Waals surface area contributed by atoms with E-state index in [-0.39, 0.29) is 11.5 Å². The maximum Gasteiger partial charge on any atom is 0.259 e. The first-order valence-electron chi connectivity index (χ1n) is 7.44. The Kier molecular flexibility index (Phi) is 3.28. The zero-order chi connectivity index (χ0) is 15.1. The minimum atomic E-state index is -0.0494. The van der Waals surface area contributed by atoms with E-state index in [9.17, 15) is 4.79 Å². The number of fused-ring (bicyclic) bond motifs is 3. The second kappa shape index (κ2) is 4.99. The highest BCUT2D eigenvalue weighted by molar-refractivity contribution is 6.05. The molecule has 0 saturated heterocycles. The SMILES string of the molecule is CC(C)c1ccc2c(ccc3nc(C(C)C)[nH]c(=O)c32)c1. The van der Waals surface area contributed by atoms with E-state index in [4.69, 9.17) is 0 Å². The van der Waals surface area contributed by atoms with Gasteiger partial charge in [0.05, 0.1) is 10.9 Å². The van der Waals surface area contributed by atoms with Crippen molar-refractivity contribution in [1.29, 1.82) is 0 Å². The molecule has 3 heteroatoms. The molecule has 21 heavy (non-hydrogen) atoms. The zero-order valence-corrected chi connectivity index (χ0v) is 12.9. The van der Waals surface area contributed by atoms with E-state index in [2.05, 4.69) is 42.0 Å². The van der Waals surface area contributed by atoms with Crippen LogP contribution in [0.25, 0.3) is 21.7 Å². The Morgan fingerprint density at radius 3 is 2.43 bits per heavy atom. The van der Waals surface area contributed by atoms with Crippen molar-refractivity contribution < 1.29 is 0 Å². The smallest absolute Gasteiger partial charge is 0.259 e. The topological polar surface area (TPSA) is 45.8 Å². The van der Waals surface area contributed by atoms with E-state index in [1.54, 1.807) is 0 Å². The molecule has 1 heterocycles. The van der Waals surface area contributed by atoms with E-state index >= 15 is 0 Å². The van der Waals surface area contributed by atoms with Gasteiger partial charge in [0.15, 0.2) is 0 Å². The summed E-state index contributed by atoms with van der Waals surface area (Å²) < 4.78 is 0. The lowest BCUT2D eigenvalue weighted by Crippen LogP contribution is -2.13. The van der Waals surface area contributed by atoms with Crippen LogP contribution in [0.3, 0.4) is 0 Å². The summed E-state index contributed by atoms with van der Waals surface area (Å²) in [5, 5.41) is 2.76. The van der Waals surface area contributed by atoms with E-state index in [0.717, 1.165) is 22.1 Å². The Hall–Kier alpha value is -2.16. The Labute approximate surface area is 124 Å². The van der Waals surface area contributed by atoms with Gasteiger partial charge in [0.2, 0.25) is 0 Å². The van der Waals surface area contributed by atoms with E-state index in [1.807, 2.05) is 26.0 Å². The lowest BCUT2D eigenvalue weighted by Gasteiger charge is -2.10. The van der Waals surface area contributed by atoms with Crippen LogP contribution in [-0.4, -0.2) is 9.97 Å². The van der Waals surface area contributed by atoms with Gasteiger partial charge in [0.25, 0.3) is 5.56 Å². The second-order valence-electron chi connectivity index (χ2n) is 6.20. The summed E-state index contributed by atoms with van der Waals surface area (Å²) in [6.45, 7) is 8.40. The van der Waals surface area contributed by atoms with Gasteiger partial charge in [0.1, 0.15) is 5.82 Å². The zero-order valence-electron chi connectivity index (χ0n) is 12.9. The number of nitrogens with one attached hydrogen (secondary N) is 1. The summed E-state index contributed by atoms with van der Waals surface area (Å²) in [6, 6.07) is 10.3. The number of hydrogen-bond acceptors (Lipinski definition) is 2. The highest BCUT2D eigenvalue weighted by Crippen LogP contribution is 2.26. The normalized spacial score (nSPS) is 11.9. The third kappa shape index (κ3) is 2.33. The molecular formula is C18H20N2O. The minimum Gasteiger partial charge on any atom is -0.310 e. The average molecular weight is 280 g/mol. The van der Waals surface area contributed by atoms with Crippen molar-refractivity contribution in [3.05, 3.63) is 52.1 Å². The van der Waals surface area contributed by atoms with Gasteiger partial charge in [-0.3, -0.25) is 4.79 Å². The predicted octanol–water partition coefficient (Wildman–Crippen LogP) is 4.32. The van der Waals surface area contributed by atoms with Gasteiger partial charge >= 0.3 is 0 Å². The molecule has 3 rings (SSSR count). The molecule has 3 nitrogen and oxygen atoms in total. The number of aromatic amines is 1. The molecule has 0 aliphatic carbocycles. The summed E-state index contributed by atoms with van der Waals surface area (Å²) in [5.41, 5.74) is 2.00. The summed E-state index contributed by atoms with van der Waals surface area (Å²) in [7, 11) is 0. The maximum atomic E-state index is 12.4. The molecule has 1 N–H and O–H groups in total. The van der Waals surface area contributed by atoms with Gasteiger partial charge in [-0.2, -0.15) is 0 Å². The third-order valence-corrected chi connectivity index (χ3v) is 3.94. The average Bonchev–Trinajstić information content (AvgIpc) is 2.45. The molecule has 0 bridgehead atoms. The van der Waals surface area contributed by atoms with Crippen LogP contribution < -0.4 is 5.56 Å². The van der Waals surface area contributed by atoms with Gasteiger partial charge in [-0.25, -0.2) is 4.98 Å². The number of rotatable bonds is 2. The van der Waals surface area contributed by atoms with Gasteiger partial charge in [-0.15, -0.1) is 0 Å². The Bertz CT molecular complexity index is 875. The van der Waals surface area contributed by atoms with Crippen LogP contribution >= 0.6 is 0 Å². The molecule has 1 aromatic heterocycles. The number of nitrogens with zero attached hydrogens (tertiary/aromatic N) is 1. The molecule has 0 aliphatic heterocycles. The van der Waals surface area contributed by atoms with Crippen LogP contribution in [0.1, 0.15) is 50.9 Å². The lowest BCUT2D eigenvalue weighted by atomic mass is 9.97. The standard InChI is InChI=1S/C18H20N2O/c1-10(2)12-5-7-14-13(9-12)6-8-15-16(14)18(21)20-17(19-15)11(3)4/h5-11H,1-4H3,(H,19,20,21). The molecule has 0 atom stereocenters. The van der Waals surface area contributed by atoms with Gasteiger partial charge in [-0.05, 0) is 28.3 Å². The lowest BCUT2D eigenvalue weighted by molar-refractivity contribution is 0.777. The molecule has 2 aromatic carbocycles. The first-order valence-corrected chi connectivity index (χ1v) is 7.44. The molecule has 0 amide bonds. The van der Waals surface area contributed by atoms with Gasteiger partial charge < -0.3 is 4.98 Å². The minimum absolute atomic E-state index is 0.0494. The van der Waals surface area contributed by atoms with Gasteiger partial charge in [-0.1, -0.05) is 52.0 Å². The molecule has 0 unspecified atom stereocenters. The molecule has 108 valence electrons. The highest BCUT2D eigenvalue weighted by Gasteiger charge is 2.10. The third-order valence-electron chi connectivity index (χ3n) is 3.94. The molecule has 3 aromatic rings. The van der Waals surface area contributed by atoms with Crippen molar-refractivity contribution >= 4 is 21.7 Å². The summed E-state index contributed by atoms with van der Waals surface area (Å²) in [6.07, 6.45) is 0. The molecule has 0 fully saturated rings. The van der Waals surface area contributed by atoms with Gasteiger partial charge in [0, 0.05) is 5.92 Å². The van der Waals surface area contributed by atoms with Crippen molar-refractivity contribution in [2.45, 2.75) is 39.5 Å². The fourth-order valence-electron chi connectivity index (χ4n) is 2.64. The monoisotopic (exact) mass is 280 g/mol. The summed E-state index contributed by atoms with van der Waals surface area (Å²) >= 11 is 0. The van der Waals surface area contributed by atoms with Crippen molar-refractivity contribution in [3.8, 4) is 0 Å². The van der Waals surface area contributed by atoms with Crippen molar-refractivity contribution in [1.82, 2.24) is 9.97 Å². The van der Waals surface area contributed by atoms with Crippen molar-refractivity contribution in [3.63, 3.8) is 0 Å². The molecular weight excluding hydrogens is 260 g/mol. The van der Waals surface area contributed by atoms with Crippen molar-refractivity contribution in [2.75, 3.05) is 0 Å². The number of aromatic nitrogens is 2. The summed E-state index contributed by atoms with van der Waals surface area (Å²) in [5.74, 6) is 1.43. The van der Waals surface area contributed by atoms with Crippen LogP contribution in [0.5, 0.6) is 0 Å². The van der Waals surface area contributed by atoms with E-state index in [1.165, 1.54) is 5.56 Å². The molecule has 0 saturated carbocycles. The number of benzene rings is 2. The first-order chi connectivity index (χ1) is 9.97. The summed E-state index contributed by atoms with van der Waals surface area (Å²) in [4.78, 5) is 19.9. The largest absolute Gasteiger partial charge is 0.310 e. The number of hydrogen-bond donors (Lipinski definition) is 1. The highest BCUT2D eigenvalue weighted by atomic mass is 16.1. The first kappa shape index (κ1) is 13.8. The maximum absolute atomic E-state index is 12.4. The fraction of sp³-hybridized carbons (Fsp3) is 0.333. The quantitative estimate of drug-likeness (QED) is 0.710. The van der Waals surface area contributed by atoms with Crippen LogP contribution in [0.2, 0.25) is 0 Å². The Morgan fingerprint density at radius 1 is 1.00 bits per heavy atom. The Morgan fingerprint density at radius 2 is 1.76 bits per heavy atom. The van der Waals surface area contributed by atoms with Crippen molar-refractivity contribution in [2.24, 2.45) is 0 Å². The molecule has 0 radical (unpaired) electrons. The van der Waals surface area contributed by atoms with E-state index < -0.39 is 0 Å².